The van der Waals surface area contributed by atoms with Crippen LogP contribution in [0.3, 0.4) is 0 Å². The lowest BCUT2D eigenvalue weighted by atomic mass is 9.87. The minimum absolute atomic E-state index is 0.102. The van der Waals surface area contributed by atoms with Crippen LogP contribution >= 0.6 is 11.7 Å². The fourth-order valence-electron chi connectivity index (χ4n) is 5.07. The van der Waals surface area contributed by atoms with Gasteiger partial charge in [-0.2, -0.15) is 0 Å². The van der Waals surface area contributed by atoms with E-state index in [1.807, 2.05) is 18.2 Å². The van der Waals surface area contributed by atoms with E-state index in [2.05, 4.69) is 16.6 Å². The third kappa shape index (κ3) is 7.26. The summed E-state index contributed by atoms with van der Waals surface area (Å²) in [6.45, 7) is 2.43. The van der Waals surface area contributed by atoms with Crippen molar-refractivity contribution in [2.45, 2.75) is 45.8 Å². The van der Waals surface area contributed by atoms with E-state index in [0.717, 1.165) is 49.2 Å². The predicted molar refractivity (Wildman–Crippen MR) is 152 cm³/mol. The molecule has 1 atom stereocenters. The summed E-state index contributed by atoms with van der Waals surface area (Å²) < 4.78 is 71.3. The van der Waals surface area contributed by atoms with Crippen LogP contribution in [0.25, 0.3) is 0 Å². The van der Waals surface area contributed by atoms with Crippen LogP contribution in [0.15, 0.2) is 87.5 Å². The highest BCUT2D eigenvalue weighted by Gasteiger charge is 2.24. The van der Waals surface area contributed by atoms with E-state index < -0.39 is 29.4 Å². The lowest BCUT2D eigenvalue weighted by molar-refractivity contribution is 0.207. The minimum Gasteiger partial charge on any atom is -0.303 e. The molecule has 1 aliphatic rings. The van der Waals surface area contributed by atoms with Gasteiger partial charge >= 0.3 is 0 Å². The summed E-state index contributed by atoms with van der Waals surface area (Å²) in [7, 11) is -9.71. The van der Waals surface area contributed by atoms with Gasteiger partial charge in [-0.3, -0.25) is 0 Å². The Balaban J connectivity index is 1.53. The van der Waals surface area contributed by atoms with Crippen LogP contribution in [0.5, 0.6) is 0 Å². The van der Waals surface area contributed by atoms with E-state index in [9.17, 15) is 25.3 Å². The molecule has 0 amide bonds. The number of hydrogen-bond acceptors (Lipinski definition) is 7. The molecule has 0 N–H and O–H groups in total. The molecule has 11 heteroatoms. The van der Waals surface area contributed by atoms with Gasteiger partial charge in [0.1, 0.15) is 0 Å². The molecule has 0 aliphatic carbocycles. The monoisotopic (exact) mass is 593 g/mol. The normalized spacial score (nSPS) is 16.5. The predicted octanol–water partition coefficient (Wildman–Crippen LogP) is 4.08. The highest BCUT2D eigenvalue weighted by Crippen LogP contribution is 2.33. The van der Waals surface area contributed by atoms with Crippen molar-refractivity contribution in [1.82, 2.24) is 4.90 Å². The third-order valence-corrected chi connectivity index (χ3v) is 10.4. The van der Waals surface area contributed by atoms with Crippen LogP contribution in [0, 0.1) is 0 Å². The van der Waals surface area contributed by atoms with Crippen LogP contribution in [-0.4, -0.2) is 56.0 Å². The Morgan fingerprint density at radius 3 is 2.03 bits per heavy atom. The summed E-state index contributed by atoms with van der Waals surface area (Å²) >= 11 is 3.74. The molecular weight excluding hydrogens is 563 g/mol. The molecule has 1 fully saturated rings. The summed E-state index contributed by atoms with van der Waals surface area (Å²) in [5.41, 5.74) is 2.63. The molecule has 1 unspecified atom stereocenters. The average Bonchev–Trinajstić information content (AvgIpc) is 2.89. The number of likely N-dealkylation sites (tertiary alicyclic amines) is 1. The van der Waals surface area contributed by atoms with E-state index in [1.165, 1.54) is 12.3 Å². The Morgan fingerprint density at radius 1 is 0.868 bits per heavy atom. The van der Waals surface area contributed by atoms with Gasteiger partial charge < -0.3 is 4.90 Å². The molecule has 1 heterocycles. The van der Waals surface area contributed by atoms with Gasteiger partial charge in [-0.25, -0.2) is 25.3 Å². The standard InChI is InChI=1S/C27H31NO6S4/c1-37(31,32)25-9-3-6-22(18-25)27(23-7-4-10-26(19-23)38(33,34)35)13-16-28-14-11-20(12-15-28)21-5-2-8-24(17-21)36(29)30/h2-10,17-20,27,36H,11-16H2,1H3,(H,33,34,35). The molecule has 1 aliphatic heterocycles. The van der Waals surface area contributed by atoms with E-state index in [-0.39, 0.29) is 15.7 Å². The molecule has 204 valence electrons. The summed E-state index contributed by atoms with van der Waals surface area (Å²) in [6, 6.07) is 20.6. The van der Waals surface area contributed by atoms with Crippen LogP contribution in [-0.2, 0) is 29.4 Å². The molecule has 0 saturated carbocycles. The fraction of sp³-hybridized carbons (Fsp3) is 0.333. The van der Waals surface area contributed by atoms with Crippen LogP contribution in [0.4, 0.5) is 0 Å². The smallest absolute Gasteiger partial charge is 0.227 e. The lowest BCUT2D eigenvalue weighted by Gasteiger charge is -2.33. The molecule has 0 aromatic heterocycles. The number of benzene rings is 3. The maximum atomic E-state index is 12.2. The second-order valence-electron chi connectivity index (χ2n) is 9.70. The summed E-state index contributed by atoms with van der Waals surface area (Å²) in [5.74, 6) is 0.0789. The number of sulfone groups is 1. The zero-order valence-electron chi connectivity index (χ0n) is 20.9. The first-order chi connectivity index (χ1) is 17.9. The maximum absolute atomic E-state index is 12.2. The number of nitrogens with zero attached hydrogens (tertiary/aromatic N) is 1. The first-order valence-electron chi connectivity index (χ1n) is 12.3. The van der Waals surface area contributed by atoms with Crippen molar-refractivity contribution in [2.75, 3.05) is 25.9 Å². The molecule has 3 aromatic carbocycles. The van der Waals surface area contributed by atoms with Gasteiger partial charge in [0.05, 0.1) is 14.7 Å². The number of thiol groups is 2. The van der Waals surface area contributed by atoms with Crippen LogP contribution < -0.4 is 0 Å². The lowest BCUT2D eigenvalue weighted by Crippen LogP contribution is -2.34. The highest BCUT2D eigenvalue weighted by atomic mass is 33.1. The topological polar surface area (TPSA) is 106 Å². The third-order valence-electron chi connectivity index (χ3n) is 7.12. The molecule has 0 spiro atoms. The first-order valence-corrected chi connectivity index (χ1v) is 17.9. The van der Waals surface area contributed by atoms with Crippen molar-refractivity contribution in [1.29, 1.82) is 0 Å². The average molecular weight is 594 g/mol. The van der Waals surface area contributed by atoms with Crippen molar-refractivity contribution in [3.8, 4) is 0 Å². The number of rotatable bonds is 9. The van der Waals surface area contributed by atoms with Crippen molar-refractivity contribution in [3.05, 3.63) is 89.5 Å². The minimum atomic E-state index is -3.70. The number of hydrogen-bond donors (Lipinski definition) is 2. The highest BCUT2D eigenvalue weighted by molar-refractivity contribution is 8.63. The quantitative estimate of drug-likeness (QED) is 0.285. The van der Waals surface area contributed by atoms with Crippen molar-refractivity contribution in [2.24, 2.45) is 0 Å². The Morgan fingerprint density at radius 2 is 1.45 bits per heavy atom. The molecule has 0 radical (unpaired) electrons. The molecule has 7 nitrogen and oxygen atoms in total. The van der Waals surface area contributed by atoms with Gasteiger partial charge in [0.25, 0.3) is 0 Å². The Hall–Kier alpha value is -2.18. The zero-order chi connectivity index (χ0) is 27.5. The Labute approximate surface area is 231 Å². The van der Waals surface area contributed by atoms with Gasteiger partial charge in [-0.15, -0.1) is 0 Å². The largest absolute Gasteiger partial charge is 0.303 e. The van der Waals surface area contributed by atoms with Gasteiger partial charge in [0.2, 0.25) is 8.87 Å². The molecular formula is C27H31NO6S4. The first kappa shape index (κ1) is 28.8. The van der Waals surface area contributed by atoms with E-state index in [4.69, 9.17) is 0 Å². The van der Waals surface area contributed by atoms with Crippen LogP contribution in [0.2, 0.25) is 0 Å². The summed E-state index contributed by atoms with van der Waals surface area (Å²) in [4.78, 5) is 3.01. The second-order valence-corrected chi connectivity index (χ2v) is 15.6. The second kappa shape index (κ2) is 11.9. The van der Waals surface area contributed by atoms with Crippen molar-refractivity contribution >= 4 is 41.1 Å². The molecule has 0 bridgehead atoms. The maximum Gasteiger partial charge on any atom is 0.227 e. The van der Waals surface area contributed by atoms with Crippen LogP contribution in [0.1, 0.15) is 47.8 Å². The Bertz CT molecular complexity index is 1510. The fourth-order valence-corrected chi connectivity index (χ4v) is 7.09. The van der Waals surface area contributed by atoms with Crippen molar-refractivity contribution < 1.29 is 25.3 Å². The molecule has 4 rings (SSSR count). The summed E-state index contributed by atoms with van der Waals surface area (Å²) in [5, 5.41) is 0. The van der Waals surface area contributed by atoms with E-state index in [0.29, 0.717) is 17.2 Å². The molecule has 38 heavy (non-hydrogen) atoms. The van der Waals surface area contributed by atoms with Gasteiger partial charge in [0.15, 0.2) is 20.5 Å². The van der Waals surface area contributed by atoms with E-state index in [1.54, 1.807) is 48.5 Å². The molecule has 3 aromatic rings. The van der Waals surface area contributed by atoms with Gasteiger partial charge in [-0.1, -0.05) is 36.4 Å². The number of piperidine rings is 1. The molecule has 1 saturated heterocycles. The van der Waals surface area contributed by atoms with E-state index >= 15 is 0 Å². The Kier molecular flexibility index (Phi) is 9.03. The van der Waals surface area contributed by atoms with Gasteiger partial charge in [-0.05, 0) is 110 Å². The summed E-state index contributed by atoms with van der Waals surface area (Å²) in [6.07, 6.45) is 3.64. The van der Waals surface area contributed by atoms with Crippen molar-refractivity contribution in [3.63, 3.8) is 0 Å². The zero-order valence-corrected chi connectivity index (χ0v) is 24.4. The SMILES string of the molecule is CS(=O)(=O)c1cccc(C(CCN2CCC(c3cccc([SH](=O)=O)c3)CC2)c2cccc(S(=O)(=O)S)c2)c1. The van der Waals surface area contributed by atoms with Gasteiger partial charge in [0, 0.05) is 12.2 Å².